The molecule has 0 rings (SSSR count). The van der Waals surface area contributed by atoms with Gasteiger partial charge >= 0.3 is 0 Å². The van der Waals surface area contributed by atoms with Crippen LogP contribution in [0.25, 0.3) is 0 Å². The fraction of sp³-hybridized carbons (Fsp3) is 1.00. The molecule has 0 unspecified atom stereocenters. The Bertz CT molecular complexity index is 411. The summed E-state index contributed by atoms with van der Waals surface area (Å²) in [5.74, 6) is -0.304. The Morgan fingerprint density at radius 3 is 1.89 bits per heavy atom. The standard InChI is InChI=1S/C9H23N3O4S2.ClH/c1-3-5-10-6-7-11-18(15,16)9-8-12-17(13,14)4-2;/h10-12H,3-9H2,1-2H3;1H. The molecule has 10 heteroatoms. The van der Waals surface area contributed by atoms with Crippen molar-refractivity contribution >= 4 is 32.5 Å². The lowest BCUT2D eigenvalue weighted by atomic mass is 10.5. The van der Waals surface area contributed by atoms with Crippen molar-refractivity contribution in [3.8, 4) is 0 Å². The van der Waals surface area contributed by atoms with Crippen LogP contribution in [0.4, 0.5) is 0 Å². The van der Waals surface area contributed by atoms with Crippen molar-refractivity contribution in [3.63, 3.8) is 0 Å². The van der Waals surface area contributed by atoms with E-state index >= 15 is 0 Å². The van der Waals surface area contributed by atoms with E-state index in [-0.39, 0.29) is 30.5 Å². The highest BCUT2D eigenvalue weighted by molar-refractivity contribution is 7.90. The lowest BCUT2D eigenvalue weighted by Gasteiger charge is -2.08. The molecule has 0 aromatic heterocycles. The second-order valence-corrected chi connectivity index (χ2v) is 7.78. The maximum atomic E-state index is 11.5. The minimum atomic E-state index is -3.42. The highest BCUT2D eigenvalue weighted by atomic mass is 35.5. The van der Waals surface area contributed by atoms with Crippen molar-refractivity contribution in [2.24, 2.45) is 0 Å². The van der Waals surface area contributed by atoms with Gasteiger partial charge in [-0.3, -0.25) is 0 Å². The van der Waals surface area contributed by atoms with E-state index in [0.29, 0.717) is 13.1 Å². The van der Waals surface area contributed by atoms with E-state index in [1.54, 1.807) is 0 Å². The number of hydrogen-bond acceptors (Lipinski definition) is 5. The molecule has 0 aliphatic heterocycles. The normalized spacial score (nSPS) is 12.1. The first-order valence-electron chi connectivity index (χ1n) is 5.98. The molecule has 0 atom stereocenters. The molecule has 0 aliphatic carbocycles. The second-order valence-electron chi connectivity index (χ2n) is 3.76. The van der Waals surface area contributed by atoms with Gasteiger partial charge in [-0.1, -0.05) is 6.92 Å². The lowest BCUT2D eigenvalue weighted by Crippen LogP contribution is -2.37. The summed E-state index contributed by atoms with van der Waals surface area (Å²) in [7, 11) is -6.75. The number of sulfonamides is 2. The molecule has 0 amide bonds. The molecule has 118 valence electrons. The van der Waals surface area contributed by atoms with E-state index < -0.39 is 20.0 Å². The number of halogens is 1. The van der Waals surface area contributed by atoms with Crippen molar-refractivity contribution in [2.45, 2.75) is 20.3 Å². The molecule has 0 aromatic carbocycles. The number of nitrogens with one attached hydrogen (secondary N) is 3. The maximum Gasteiger partial charge on any atom is 0.212 e. The van der Waals surface area contributed by atoms with Crippen LogP contribution in [0.2, 0.25) is 0 Å². The largest absolute Gasteiger partial charge is 0.315 e. The second kappa shape index (κ2) is 10.8. The first-order chi connectivity index (χ1) is 8.33. The third kappa shape index (κ3) is 12.8. The zero-order valence-electron chi connectivity index (χ0n) is 11.3. The Kier molecular flexibility index (Phi) is 12.2. The van der Waals surface area contributed by atoms with Crippen molar-refractivity contribution < 1.29 is 16.8 Å². The topological polar surface area (TPSA) is 104 Å². The average molecular weight is 338 g/mol. The van der Waals surface area contributed by atoms with Crippen LogP contribution >= 0.6 is 12.4 Å². The summed E-state index contributed by atoms with van der Waals surface area (Å²) in [5.41, 5.74) is 0. The first kappa shape index (κ1) is 21.4. The molecule has 19 heavy (non-hydrogen) atoms. The molecule has 0 fully saturated rings. The van der Waals surface area contributed by atoms with E-state index in [0.717, 1.165) is 13.0 Å². The molecular formula is C9H24ClN3O4S2. The van der Waals surface area contributed by atoms with Gasteiger partial charge in [-0.2, -0.15) is 0 Å². The number of hydrogen-bond donors (Lipinski definition) is 3. The molecule has 0 saturated heterocycles. The third-order valence-corrected chi connectivity index (χ3v) is 4.91. The van der Waals surface area contributed by atoms with Gasteiger partial charge in [0.1, 0.15) is 0 Å². The van der Waals surface area contributed by atoms with Gasteiger partial charge < -0.3 is 5.32 Å². The van der Waals surface area contributed by atoms with Gasteiger partial charge in [-0.25, -0.2) is 26.3 Å². The maximum absolute atomic E-state index is 11.5. The minimum Gasteiger partial charge on any atom is -0.315 e. The van der Waals surface area contributed by atoms with E-state index in [1.807, 2.05) is 6.92 Å². The Morgan fingerprint density at radius 1 is 0.789 bits per heavy atom. The van der Waals surface area contributed by atoms with Crippen LogP contribution in [0.15, 0.2) is 0 Å². The zero-order valence-corrected chi connectivity index (χ0v) is 13.8. The average Bonchev–Trinajstić information content (AvgIpc) is 2.28. The fourth-order valence-corrected chi connectivity index (χ4v) is 2.78. The van der Waals surface area contributed by atoms with Crippen LogP contribution < -0.4 is 14.8 Å². The van der Waals surface area contributed by atoms with Crippen LogP contribution in [0, 0.1) is 0 Å². The van der Waals surface area contributed by atoms with Crippen LogP contribution in [0.3, 0.4) is 0 Å². The molecule has 0 spiro atoms. The molecule has 0 heterocycles. The smallest absolute Gasteiger partial charge is 0.212 e. The Labute approximate surface area is 122 Å². The molecular weight excluding hydrogens is 314 g/mol. The molecule has 0 aliphatic rings. The summed E-state index contributed by atoms with van der Waals surface area (Å²) >= 11 is 0. The van der Waals surface area contributed by atoms with Crippen molar-refractivity contribution in [1.29, 1.82) is 0 Å². The molecule has 0 saturated carbocycles. The van der Waals surface area contributed by atoms with Crippen molar-refractivity contribution in [1.82, 2.24) is 14.8 Å². The Balaban J connectivity index is 0. The first-order valence-corrected chi connectivity index (χ1v) is 9.29. The van der Waals surface area contributed by atoms with Crippen LogP contribution in [-0.2, 0) is 20.0 Å². The molecule has 3 N–H and O–H groups in total. The highest BCUT2D eigenvalue weighted by Crippen LogP contribution is 1.86. The quantitative estimate of drug-likeness (QED) is 0.431. The van der Waals surface area contributed by atoms with Gasteiger partial charge in [0, 0.05) is 19.6 Å². The monoisotopic (exact) mass is 337 g/mol. The lowest BCUT2D eigenvalue weighted by molar-refractivity contribution is 0.571. The van der Waals surface area contributed by atoms with Gasteiger partial charge in [0.2, 0.25) is 20.0 Å². The van der Waals surface area contributed by atoms with E-state index in [2.05, 4.69) is 14.8 Å². The van der Waals surface area contributed by atoms with E-state index in [9.17, 15) is 16.8 Å². The predicted octanol–water partition coefficient (Wildman–Crippen LogP) is -0.733. The van der Waals surface area contributed by atoms with Crippen LogP contribution in [-0.4, -0.2) is 54.5 Å². The number of rotatable bonds is 11. The molecule has 0 bridgehead atoms. The van der Waals surface area contributed by atoms with Crippen molar-refractivity contribution in [2.75, 3.05) is 37.7 Å². The van der Waals surface area contributed by atoms with Gasteiger partial charge in [-0.15, -0.1) is 12.4 Å². The predicted molar refractivity (Wildman–Crippen MR) is 79.7 cm³/mol. The SMILES string of the molecule is CCCNCCNS(=O)(=O)CCNS(=O)(=O)CC.Cl. The Morgan fingerprint density at radius 2 is 1.37 bits per heavy atom. The van der Waals surface area contributed by atoms with Gasteiger partial charge in [-0.05, 0) is 19.9 Å². The summed E-state index contributed by atoms with van der Waals surface area (Å²) in [4.78, 5) is 0. The fourth-order valence-electron chi connectivity index (χ4n) is 1.10. The Hall–Kier alpha value is 0.0700. The molecule has 0 radical (unpaired) electrons. The van der Waals surface area contributed by atoms with Crippen LogP contribution in [0.5, 0.6) is 0 Å². The molecule has 0 aromatic rings. The molecule has 7 nitrogen and oxygen atoms in total. The summed E-state index contributed by atoms with van der Waals surface area (Å²) in [5, 5.41) is 3.06. The summed E-state index contributed by atoms with van der Waals surface area (Å²) in [6.45, 7) is 5.13. The van der Waals surface area contributed by atoms with E-state index in [1.165, 1.54) is 6.92 Å². The van der Waals surface area contributed by atoms with Crippen LogP contribution in [0.1, 0.15) is 20.3 Å². The van der Waals surface area contributed by atoms with E-state index in [4.69, 9.17) is 0 Å². The minimum absolute atomic E-state index is 0. The summed E-state index contributed by atoms with van der Waals surface area (Å²) in [6.07, 6.45) is 0.992. The van der Waals surface area contributed by atoms with Gasteiger partial charge in [0.25, 0.3) is 0 Å². The summed E-state index contributed by atoms with van der Waals surface area (Å²) < 4.78 is 49.7. The third-order valence-electron chi connectivity index (χ3n) is 2.12. The van der Waals surface area contributed by atoms with Crippen molar-refractivity contribution in [3.05, 3.63) is 0 Å². The highest BCUT2D eigenvalue weighted by Gasteiger charge is 2.12. The summed E-state index contributed by atoms with van der Waals surface area (Å²) in [6, 6.07) is 0. The van der Waals surface area contributed by atoms with Gasteiger partial charge in [0.05, 0.1) is 11.5 Å². The zero-order chi connectivity index (χ0) is 14.1. The van der Waals surface area contributed by atoms with Gasteiger partial charge in [0.15, 0.2) is 0 Å².